The smallest absolute Gasteiger partial charge is 0.229 e. The van der Waals surface area contributed by atoms with Crippen LogP contribution in [-0.4, -0.2) is 43.4 Å². The van der Waals surface area contributed by atoms with E-state index in [0.717, 1.165) is 24.5 Å². The second-order valence-electron chi connectivity index (χ2n) is 6.24. The number of aromatic nitrogens is 2. The molecule has 138 valence electrons. The molecule has 0 bridgehead atoms. The Bertz CT molecular complexity index is 743. The van der Waals surface area contributed by atoms with Crippen molar-refractivity contribution in [2.45, 2.75) is 25.7 Å². The zero-order valence-corrected chi connectivity index (χ0v) is 15.2. The van der Waals surface area contributed by atoms with Crippen LogP contribution in [0.1, 0.15) is 24.8 Å². The number of carbonyl (C=O) groups excluding carboxylic acids is 1. The van der Waals surface area contributed by atoms with Crippen LogP contribution in [0.5, 0.6) is 11.5 Å². The highest BCUT2D eigenvalue weighted by Crippen LogP contribution is 2.27. The molecule has 0 spiro atoms. The summed E-state index contributed by atoms with van der Waals surface area (Å²) < 4.78 is 10.5. The van der Waals surface area contributed by atoms with E-state index < -0.39 is 0 Å². The normalized spacial score (nSPS) is 14.0. The number of anilines is 2. The molecule has 0 unspecified atom stereocenters. The summed E-state index contributed by atoms with van der Waals surface area (Å²) in [7, 11) is 3.15. The maximum Gasteiger partial charge on any atom is 0.229 e. The van der Waals surface area contributed by atoms with Crippen molar-refractivity contribution in [1.29, 1.82) is 0 Å². The van der Waals surface area contributed by atoms with Crippen molar-refractivity contribution in [2.24, 2.45) is 0 Å². The molecular formula is C19H24N4O3. The Morgan fingerprint density at radius 2 is 1.81 bits per heavy atom. The standard InChI is InChI=1S/C19H24N4O3/c1-25-15-7-6-14(12-16(15)26-2)13-19(24)20-17-8-9-18(22-21-17)23-10-4-3-5-11-23/h6-9,12H,3-5,10-11,13H2,1-2H3,(H,20,21,24). The quantitative estimate of drug-likeness (QED) is 0.857. The van der Waals surface area contributed by atoms with Crippen LogP contribution in [0.25, 0.3) is 0 Å². The van der Waals surface area contributed by atoms with Gasteiger partial charge in [0.25, 0.3) is 0 Å². The molecule has 1 aromatic carbocycles. The number of nitrogens with zero attached hydrogens (tertiary/aromatic N) is 3. The fraction of sp³-hybridized carbons (Fsp3) is 0.421. The first-order valence-corrected chi connectivity index (χ1v) is 8.79. The summed E-state index contributed by atoms with van der Waals surface area (Å²) in [6.07, 6.45) is 3.86. The highest BCUT2D eigenvalue weighted by Gasteiger charge is 2.13. The van der Waals surface area contributed by atoms with Gasteiger partial charge in [-0.05, 0) is 49.1 Å². The molecule has 7 nitrogen and oxygen atoms in total. The van der Waals surface area contributed by atoms with Crippen molar-refractivity contribution < 1.29 is 14.3 Å². The Morgan fingerprint density at radius 1 is 1.04 bits per heavy atom. The van der Waals surface area contributed by atoms with Crippen molar-refractivity contribution in [2.75, 3.05) is 37.5 Å². The first-order valence-electron chi connectivity index (χ1n) is 8.79. The predicted molar refractivity (Wildman–Crippen MR) is 100.0 cm³/mol. The Kier molecular flexibility index (Phi) is 5.88. The molecule has 1 aliphatic heterocycles. The van der Waals surface area contributed by atoms with Gasteiger partial charge >= 0.3 is 0 Å². The highest BCUT2D eigenvalue weighted by atomic mass is 16.5. The molecule has 7 heteroatoms. The molecule has 2 heterocycles. The van der Waals surface area contributed by atoms with Crippen LogP contribution >= 0.6 is 0 Å². The molecule has 1 aliphatic rings. The predicted octanol–water partition coefficient (Wildman–Crippen LogP) is 2.67. The number of methoxy groups -OCH3 is 2. The lowest BCUT2D eigenvalue weighted by Gasteiger charge is -2.27. The zero-order valence-electron chi connectivity index (χ0n) is 15.2. The number of hydrogen-bond donors (Lipinski definition) is 1. The molecule has 0 radical (unpaired) electrons. The second-order valence-corrected chi connectivity index (χ2v) is 6.24. The van der Waals surface area contributed by atoms with E-state index in [-0.39, 0.29) is 12.3 Å². The van der Waals surface area contributed by atoms with Crippen LogP contribution in [-0.2, 0) is 11.2 Å². The number of rotatable bonds is 6. The second kappa shape index (κ2) is 8.51. The van der Waals surface area contributed by atoms with Gasteiger partial charge in [-0.25, -0.2) is 0 Å². The lowest BCUT2D eigenvalue weighted by molar-refractivity contribution is -0.115. The van der Waals surface area contributed by atoms with E-state index in [1.807, 2.05) is 12.1 Å². The summed E-state index contributed by atoms with van der Waals surface area (Å²) in [5.41, 5.74) is 0.832. The Morgan fingerprint density at radius 3 is 2.46 bits per heavy atom. The minimum absolute atomic E-state index is 0.155. The molecule has 1 saturated heterocycles. The van der Waals surface area contributed by atoms with Crippen molar-refractivity contribution in [3.05, 3.63) is 35.9 Å². The maximum atomic E-state index is 12.3. The van der Waals surface area contributed by atoms with E-state index in [4.69, 9.17) is 9.47 Å². The van der Waals surface area contributed by atoms with E-state index >= 15 is 0 Å². The summed E-state index contributed by atoms with van der Waals surface area (Å²) in [4.78, 5) is 14.5. The number of amides is 1. The van der Waals surface area contributed by atoms with Gasteiger partial charge in [0.1, 0.15) is 0 Å². The molecule has 0 atom stereocenters. The van der Waals surface area contributed by atoms with Crippen molar-refractivity contribution in [3.63, 3.8) is 0 Å². The van der Waals surface area contributed by atoms with E-state index in [0.29, 0.717) is 17.3 Å². The summed E-state index contributed by atoms with van der Waals surface area (Å²) >= 11 is 0. The minimum Gasteiger partial charge on any atom is -0.493 e. The third-order valence-electron chi connectivity index (χ3n) is 4.41. The van der Waals surface area contributed by atoms with E-state index in [2.05, 4.69) is 20.4 Å². The molecular weight excluding hydrogens is 332 g/mol. The van der Waals surface area contributed by atoms with Crippen LogP contribution < -0.4 is 19.7 Å². The number of nitrogens with one attached hydrogen (secondary N) is 1. The van der Waals surface area contributed by atoms with Gasteiger partial charge in [-0.3, -0.25) is 4.79 Å². The Labute approximate surface area is 153 Å². The molecule has 1 aromatic heterocycles. The molecule has 1 amide bonds. The maximum absolute atomic E-state index is 12.3. The zero-order chi connectivity index (χ0) is 18.4. The van der Waals surface area contributed by atoms with Crippen LogP contribution in [0.3, 0.4) is 0 Å². The highest BCUT2D eigenvalue weighted by molar-refractivity contribution is 5.91. The third-order valence-corrected chi connectivity index (χ3v) is 4.41. The number of benzene rings is 1. The van der Waals surface area contributed by atoms with Gasteiger partial charge in [0.2, 0.25) is 5.91 Å². The van der Waals surface area contributed by atoms with Gasteiger partial charge in [-0.2, -0.15) is 0 Å². The average molecular weight is 356 g/mol. The first-order chi connectivity index (χ1) is 12.7. The van der Waals surface area contributed by atoms with Crippen LogP contribution in [0.4, 0.5) is 11.6 Å². The van der Waals surface area contributed by atoms with Crippen LogP contribution in [0.2, 0.25) is 0 Å². The van der Waals surface area contributed by atoms with Gasteiger partial charge in [-0.15, -0.1) is 10.2 Å². The lowest BCUT2D eigenvalue weighted by Crippen LogP contribution is -2.30. The summed E-state index contributed by atoms with van der Waals surface area (Å²) in [6, 6.07) is 9.12. The SMILES string of the molecule is COc1ccc(CC(=O)Nc2ccc(N3CCCCC3)nn2)cc1OC. The lowest BCUT2D eigenvalue weighted by atomic mass is 10.1. The number of ether oxygens (including phenoxy) is 2. The van der Waals surface area contributed by atoms with Crippen LogP contribution in [0, 0.1) is 0 Å². The fourth-order valence-electron chi connectivity index (χ4n) is 3.05. The van der Waals surface area contributed by atoms with Crippen LogP contribution in [0.15, 0.2) is 30.3 Å². The number of piperidine rings is 1. The van der Waals surface area contributed by atoms with Gasteiger partial charge in [0.05, 0.1) is 20.6 Å². The Hall–Kier alpha value is -2.83. The summed E-state index contributed by atoms with van der Waals surface area (Å²) in [6.45, 7) is 2.03. The molecule has 1 N–H and O–H groups in total. The molecule has 0 aliphatic carbocycles. The van der Waals surface area contributed by atoms with Gasteiger partial charge < -0.3 is 19.7 Å². The number of hydrogen-bond acceptors (Lipinski definition) is 6. The first kappa shape index (κ1) is 18.0. The molecule has 1 fully saturated rings. The monoisotopic (exact) mass is 356 g/mol. The minimum atomic E-state index is -0.155. The van der Waals surface area contributed by atoms with Gasteiger partial charge in [-0.1, -0.05) is 6.07 Å². The number of carbonyl (C=O) groups is 1. The van der Waals surface area contributed by atoms with E-state index in [1.54, 1.807) is 32.4 Å². The van der Waals surface area contributed by atoms with Crippen molar-refractivity contribution >= 4 is 17.5 Å². The van der Waals surface area contributed by atoms with Gasteiger partial charge in [0, 0.05) is 13.1 Å². The van der Waals surface area contributed by atoms with Gasteiger partial charge in [0.15, 0.2) is 23.1 Å². The average Bonchev–Trinajstić information content (AvgIpc) is 2.69. The largest absolute Gasteiger partial charge is 0.493 e. The fourth-order valence-corrected chi connectivity index (χ4v) is 3.05. The van der Waals surface area contributed by atoms with E-state index in [1.165, 1.54) is 19.3 Å². The van der Waals surface area contributed by atoms with E-state index in [9.17, 15) is 4.79 Å². The summed E-state index contributed by atoms with van der Waals surface area (Å²) in [5, 5.41) is 11.1. The molecule has 2 aromatic rings. The molecule has 3 rings (SSSR count). The molecule has 0 saturated carbocycles. The summed E-state index contributed by atoms with van der Waals surface area (Å²) in [5.74, 6) is 2.40. The van der Waals surface area contributed by atoms with Crippen molar-refractivity contribution in [3.8, 4) is 11.5 Å². The molecule has 26 heavy (non-hydrogen) atoms. The third kappa shape index (κ3) is 4.41. The Balaban J connectivity index is 1.59. The topological polar surface area (TPSA) is 76.6 Å². The van der Waals surface area contributed by atoms with Crippen molar-refractivity contribution in [1.82, 2.24) is 10.2 Å².